The number of benzene rings is 1. The van der Waals surface area contributed by atoms with E-state index >= 15 is 0 Å². The first kappa shape index (κ1) is 16.0. The summed E-state index contributed by atoms with van der Waals surface area (Å²) < 4.78 is 7.58. The third kappa shape index (κ3) is 3.24. The van der Waals surface area contributed by atoms with Crippen molar-refractivity contribution in [1.29, 1.82) is 0 Å². The number of nitrogens with zero attached hydrogens (tertiary/aromatic N) is 2. The van der Waals surface area contributed by atoms with Gasteiger partial charge in [-0.15, -0.1) is 0 Å². The summed E-state index contributed by atoms with van der Waals surface area (Å²) in [7, 11) is 0. The van der Waals surface area contributed by atoms with Crippen LogP contribution >= 0.6 is 0 Å². The molecule has 1 N–H and O–H groups in total. The van der Waals surface area contributed by atoms with Crippen molar-refractivity contribution in [3.63, 3.8) is 0 Å². The lowest BCUT2D eigenvalue weighted by Gasteiger charge is -2.25. The molecule has 3 rings (SSSR count). The summed E-state index contributed by atoms with van der Waals surface area (Å²) in [5.74, 6) is 0.302. The Hall–Kier alpha value is -1.88. The number of para-hydroxylation sites is 2. The first-order valence-corrected chi connectivity index (χ1v) is 8.51. The van der Waals surface area contributed by atoms with Crippen molar-refractivity contribution < 1.29 is 14.6 Å². The molecule has 1 heterocycles. The number of imidazole rings is 1. The summed E-state index contributed by atoms with van der Waals surface area (Å²) in [6, 6.07) is 7.21. The number of esters is 1. The molecular formula is C18H24N2O3. The van der Waals surface area contributed by atoms with Crippen LogP contribution in [0.2, 0.25) is 0 Å². The van der Waals surface area contributed by atoms with Crippen LogP contribution in [0.5, 0.6) is 0 Å². The second kappa shape index (κ2) is 7.13. The number of rotatable bonds is 5. The van der Waals surface area contributed by atoms with Crippen molar-refractivity contribution in [1.82, 2.24) is 9.55 Å². The fraction of sp³-hybridized carbons (Fsp3) is 0.556. The van der Waals surface area contributed by atoms with E-state index in [0.29, 0.717) is 12.2 Å². The maximum Gasteiger partial charge on any atom is 0.329 e. The van der Waals surface area contributed by atoms with Crippen LogP contribution < -0.4 is 0 Å². The minimum atomic E-state index is -0.438. The number of carbonyl (C=O) groups is 1. The van der Waals surface area contributed by atoms with Crippen LogP contribution in [0.3, 0.4) is 0 Å². The summed E-state index contributed by atoms with van der Waals surface area (Å²) in [4.78, 5) is 17.1. The summed E-state index contributed by atoms with van der Waals surface area (Å²) in [5, 5.41) is 9.63. The van der Waals surface area contributed by atoms with Gasteiger partial charge in [-0.25, -0.2) is 9.78 Å². The highest BCUT2D eigenvalue weighted by Gasteiger charge is 2.28. The van der Waals surface area contributed by atoms with E-state index in [9.17, 15) is 9.90 Å². The van der Waals surface area contributed by atoms with Gasteiger partial charge in [-0.3, -0.25) is 0 Å². The normalized spacial score (nSPS) is 17.3. The summed E-state index contributed by atoms with van der Waals surface area (Å²) in [6.45, 7) is 1.77. The van der Waals surface area contributed by atoms with Crippen LogP contribution in [0.1, 0.15) is 57.3 Å². The van der Waals surface area contributed by atoms with Gasteiger partial charge in [-0.05, 0) is 44.2 Å². The molecule has 1 aliphatic carbocycles. The van der Waals surface area contributed by atoms with E-state index in [4.69, 9.17) is 4.74 Å². The first-order chi connectivity index (χ1) is 11.2. The Bertz CT molecular complexity index is 674. The zero-order chi connectivity index (χ0) is 16.2. The van der Waals surface area contributed by atoms with Crippen molar-refractivity contribution in [2.24, 2.45) is 0 Å². The van der Waals surface area contributed by atoms with E-state index in [0.717, 1.165) is 36.7 Å². The van der Waals surface area contributed by atoms with Crippen molar-refractivity contribution in [2.45, 2.75) is 64.2 Å². The second-order valence-corrected chi connectivity index (χ2v) is 6.17. The van der Waals surface area contributed by atoms with Gasteiger partial charge in [0.15, 0.2) is 0 Å². The number of hydrogen-bond donors (Lipinski definition) is 1. The van der Waals surface area contributed by atoms with Crippen LogP contribution in [0.4, 0.5) is 0 Å². The Labute approximate surface area is 136 Å². The highest BCUT2D eigenvalue weighted by atomic mass is 16.5. The topological polar surface area (TPSA) is 64.3 Å². The van der Waals surface area contributed by atoms with Gasteiger partial charge in [0.05, 0.1) is 11.0 Å². The molecule has 1 aromatic heterocycles. The highest BCUT2D eigenvalue weighted by molar-refractivity contribution is 5.81. The number of aliphatic hydroxyl groups excluding tert-OH is 1. The maximum atomic E-state index is 12.7. The van der Waals surface area contributed by atoms with Crippen molar-refractivity contribution in [2.75, 3.05) is 0 Å². The largest absolute Gasteiger partial charge is 0.461 e. The molecule has 5 heteroatoms. The molecule has 1 atom stereocenters. The van der Waals surface area contributed by atoms with Crippen LogP contribution in [-0.4, -0.2) is 26.7 Å². The monoisotopic (exact) mass is 316 g/mol. The predicted molar refractivity (Wildman–Crippen MR) is 87.9 cm³/mol. The van der Waals surface area contributed by atoms with Crippen LogP contribution in [0.25, 0.3) is 11.0 Å². The molecule has 5 nitrogen and oxygen atoms in total. The van der Waals surface area contributed by atoms with E-state index in [1.54, 1.807) is 0 Å². The molecule has 1 fully saturated rings. The molecular weight excluding hydrogens is 292 g/mol. The van der Waals surface area contributed by atoms with Gasteiger partial charge in [0.2, 0.25) is 0 Å². The van der Waals surface area contributed by atoms with Gasteiger partial charge in [0.1, 0.15) is 24.6 Å². The van der Waals surface area contributed by atoms with Gasteiger partial charge in [0.25, 0.3) is 0 Å². The van der Waals surface area contributed by atoms with E-state index in [2.05, 4.69) is 4.98 Å². The third-order valence-corrected chi connectivity index (χ3v) is 4.62. The van der Waals surface area contributed by atoms with Gasteiger partial charge >= 0.3 is 5.97 Å². The molecule has 124 valence electrons. The molecule has 0 bridgehead atoms. The molecule has 1 unspecified atom stereocenters. The number of fused-ring (bicyclic) bond motifs is 1. The molecule has 1 aliphatic rings. The van der Waals surface area contributed by atoms with Gasteiger partial charge in [-0.2, -0.15) is 0 Å². The number of aliphatic hydroxyl groups is 1. The van der Waals surface area contributed by atoms with E-state index in [1.807, 2.05) is 35.8 Å². The number of carbonyl (C=O) groups excluding carboxylic acids is 1. The maximum absolute atomic E-state index is 12.7. The molecule has 1 saturated carbocycles. The lowest BCUT2D eigenvalue weighted by atomic mass is 9.98. The minimum absolute atomic E-state index is 0.0395. The van der Waals surface area contributed by atoms with Crippen molar-refractivity contribution >= 4 is 17.0 Å². The highest BCUT2D eigenvalue weighted by Crippen LogP contribution is 2.27. The molecule has 0 saturated heterocycles. The Morgan fingerprint density at radius 3 is 2.78 bits per heavy atom. The lowest BCUT2D eigenvalue weighted by molar-refractivity contribution is -0.154. The Balaban J connectivity index is 1.89. The van der Waals surface area contributed by atoms with Crippen molar-refractivity contribution in [3.05, 3.63) is 30.1 Å². The van der Waals surface area contributed by atoms with E-state index in [1.165, 1.54) is 6.42 Å². The number of aromatic nitrogens is 2. The fourth-order valence-electron chi connectivity index (χ4n) is 3.43. The van der Waals surface area contributed by atoms with Gasteiger partial charge < -0.3 is 14.4 Å². The Morgan fingerprint density at radius 2 is 2.09 bits per heavy atom. The van der Waals surface area contributed by atoms with E-state index < -0.39 is 6.04 Å². The number of hydrogen-bond acceptors (Lipinski definition) is 4. The molecule has 2 aromatic rings. The van der Waals surface area contributed by atoms with Crippen molar-refractivity contribution in [3.8, 4) is 0 Å². The fourth-order valence-corrected chi connectivity index (χ4v) is 3.43. The Morgan fingerprint density at radius 1 is 1.35 bits per heavy atom. The molecule has 23 heavy (non-hydrogen) atoms. The van der Waals surface area contributed by atoms with Gasteiger partial charge in [0, 0.05) is 0 Å². The zero-order valence-electron chi connectivity index (χ0n) is 13.6. The SMILES string of the molecule is CCC(C(=O)OC1CCCCC1)n1c(CO)nc2ccccc21. The first-order valence-electron chi connectivity index (χ1n) is 8.51. The Kier molecular flexibility index (Phi) is 4.96. The van der Waals surface area contributed by atoms with Gasteiger partial charge in [-0.1, -0.05) is 25.5 Å². The zero-order valence-corrected chi connectivity index (χ0v) is 13.6. The number of ether oxygens (including phenoxy) is 1. The summed E-state index contributed by atoms with van der Waals surface area (Å²) in [6.07, 6.45) is 6.05. The smallest absolute Gasteiger partial charge is 0.329 e. The quantitative estimate of drug-likeness (QED) is 0.859. The van der Waals surface area contributed by atoms with Crippen LogP contribution in [-0.2, 0) is 16.1 Å². The van der Waals surface area contributed by atoms with E-state index in [-0.39, 0.29) is 18.7 Å². The molecule has 0 spiro atoms. The molecule has 1 aromatic carbocycles. The average Bonchev–Trinajstić information content (AvgIpc) is 2.95. The standard InChI is InChI=1S/C18H24N2O3/c1-2-15(18(22)23-13-8-4-3-5-9-13)20-16-11-7-6-10-14(16)19-17(20)12-21/h6-7,10-11,13,15,21H,2-5,8-9,12H2,1H3. The summed E-state index contributed by atoms with van der Waals surface area (Å²) in [5.41, 5.74) is 1.66. The predicted octanol–water partition coefficient (Wildman–Crippen LogP) is 3.36. The average molecular weight is 316 g/mol. The minimum Gasteiger partial charge on any atom is -0.461 e. The second-order valence-electron chi connectivity index (χ2n) is 6.17. The van der Waals surface area contributed by atoms with Crippen LogP contribution in [0, 0.1) is 0 Å². The third-order valence-electron chi connectivity index (χ3n) is 4.62. The summed E-state index contributed by atoms with van der Waals surface area (Å²) >= 11 is 0. The lowest BCUT2D eigenvalue weighted by Crippen LogP contribution is -2.28. The molecule has 0 radical (unpaired) electrons. The molecule has 0 aliphatic heterocycles. The molecule has 0 amide bonds. The van der Waals surface area contributed by atoms with Crippen LogP contribution in [0.15, 0.2) is 24.3 Å².